The van der Waals surface area contributed by atoms with Gasteiger partial charge in [0.2, 0.25) is 17.7 Å². The summed E-state index contributed by atoms with van der Waals surface area (Å²) in [6.45, 7) is 6.14. The molecule has 32 heavy (non-hydrogen) atoms. The van der Waals surface area contributed by atoms with Crippen molar-refractivity contribution in [2.24, 2.45) is 17.8 Å². The van der Waals surface area contributed by atoms with Crippen molar-refractivity contribution >= 4 is 23.4 Å². The number of aryl methyl sites for hydroxylation is 1. The Bertz CT molecular complexity index is 1130. The van der Waals surface area contributed by atoms with E-state index in [1.165, 1.54) is 4.90 Å². The topological polar surface area (TPSA) is 87.7 Å². The van der Waals surface area contributed by atoms with Crippen LogP contribution in [-0.2, 0) is 26.5 Å². The van der Waals surface area contributed by atoms with Gasteiger partial charge >= 0.3 is 0 Å². The minimum atomic E-state index is -1.23. The van der Waals surface area contributed by atoms with E-state index in [1.54, 1.807) is 7.11 Å². The summed E-state index contributed by atoms with van der Waals surface area (Å²) in [6.07, 6.45) is 0. The molecule has 3 heterocycles. The van der Waals surface area contributed by atoms with Crippen molar-refractivity contribution in [1.82, 2.24) is 10.2 Å². The number of para-hydroxylation sites is 1. The molecule has 0 saturated carbocycles. The molecule has 2 saturated heterocycles. The van der Waals surface area contributed by atoms with Gasteiger partial charge < -0.3 is 10.1 Å². The molecule has 2 aromatic carbocycles. The first kappa shape index (κ1) is 20.7. The van der Waals surface area contributed by atoms with Gasteiger partial charge in [-0.25, -0.2) is 0 Å². The van der Waals surface area contributed by atoms with Crippen LogP contribution in [0.4, 0.5) is 5.69 Å². The number of carbonyl (C=O) groups is 3. The zero-order valence-corrected chi connectivity index (χ0v) is 18.6. The van der Waals surface area contributed by atoms with E-state index in [0.717, 1.165) is 22.4 Å². The third kappa shape index (κ3) is 2.67. The van der Waals surface area contributed by atoms with Crippen LogP contribution in [0.2, 0.25) is 0 Å². The molecule has 3 aliphatic heterocycles. The Kier molecular flexibility index (Phi) is 4.64. The Hall–Kier alpha value is -3.19. The van der Waals surface area contributed by atoms with Crippen LogP contribution in [0, 0.1) is 24.7 Å². The summed E-state index contributed by atoms with van der Waals surface area (Å²) in [7, 11) is 1.59. The molecule has 4 unspecified atom stereocenters. The fourth-order valence-electron chi connectivity index (χ4n) is 5.61. The number of nitrogens with one attached hydrogen (secondary N) is 2. The Morgan fingerprint density at radius 3 is 2.44 bits per heavy atom. The van der Waals surface area contributed by atoms with E-state index < -0.39 is 17.4 Å². The highest BCUT2D eigenvalue weighted by atomic mass is 16.5. The lowest BCUT2D eigenvalue weighted by atomic mass is 9.75. The molecule has 7 nitrogen and oxygen atoms in total. The average molecular weight is 434 g/mol. The van der Waals surface area contributed by atoms with Crippen LogP contribution in [0.15, 0.2) is 42.5 Å². The highest BCUT2D eigenvalue weighted by molar-refractivity contribution is 6.15. The van der Waals surface area contributed by atoms with E-state index in [4.69, 9.17) is 4.74 Å². The molecule has 4 atom stereocenters. The maximum Gasteiger partial charge on any atom is 0.250 e. The van der Waals surface area contributed by atoms with E-state index in [2.05, 4.69) is 10.6 Å². The molecule has 3 aliphatic rings. The Balaban J connectivity index is 1.58. The lowest BCUT2D eigenvalue weighted by Crippen LogP contribution is -2.53. The number of methoxy groups -OCH3 is 1. The summed E-state index contributed by atoms with van der Waals surface area (Å²) in [5.41, 5.74) is 2.03. The number of anilines is 1. The maximum atomic E-state index is 13.8. The predicted octanol–water partition coefficient (Wildman–Crippen LogP) is 2.58. The van der Waals surface area contributed by atoms with Crippen molar-refractivity contribution in [2.45, 2.75) is 38.9 Å². The number of hydrogen-bond acceptors (Lipinski definition) is 5. The number of fused-ring (bicyclic) bond motifs is 4. The van der Waals surface area contributed by atoms with Crippen molar-refractivity contribution in [2.75, 3.05) is 12.4 Å². The van der Waals surface area contributed by atoms with Gasteiger partial charge in [-0.2, -0.15) is 0 Å². The zero-order valence-electron chi connectivity index (χ0n) is 18.6. The fourth-order valence-corrected chi connectivity index (χ4v) is 5.61. The highest BCUT2D eigenvalue weighted by Crippen LogP contribution is 2.54. The van der Waals surface area contributed by atoms with Crippen molar-refractivity contribution in [1.29, 1.82) is 0 Å². The van der Waals surface area contributed by atoms with Crippen LogP contribution in [0.25, 0.3) is 0 Å². The molecule has 3 amide bonds. The molecule has 0 radical (unpaired) electrons. The minimum absolute atomic E-state index is 0.0706. The first-order chi connectivity index (χ1) is 15.3. The second-order valence-corrected chi connectivity index (χ2v) is 9.29. The van der Waals surface area contributed by atoms with Gasteiger partial charge in [0.05, 0.1) is 25.5 Å². The number of likely N-dealkylation sites (tertiary alicyclic amines) is 1. The summed E-state index contributed by atoms with van der Waals surface area (Å²) in [6, 6.07) is 12.7. The summed E-state index contributed by atoms with van der Waals surface area (Å²) in [5, 5.41) is 6.45. The molecule has 2 N–H and O–H groups in total. The normalized spacial score (nSPS) is 28.5. The van der Waals surface area contributed by atoms with E-state index in [-0.39, 0.29) is 36.2 Å². The first-order valence-electron chi connectivity index (χ1n) is 11.0. The van der Waals surface area contributed by atoms with Gasteiger partial charge in [0.1, 0.15) is 11.3 Å². The van der Waals surface area contributed by atoms with E-state index in [9.17, 15) is 14.4 Å². The van der Waals surface area contributed by atoms with Crippen LogP contribution < -0.4 is 15.4 Å². The van der Waals surface area contributed by atoms with E-state index >= 15 is 0 Å². The number of benzene rings is 2. The van der Waals surface area contributed by atoms with Gasteiger partial charge in [-0.05, 0) is 36.1 Å². The van der Waals surface area contributed by atoms with Crippen LogP contribution in [-0.4, -0.2) is 35.8 Å². The number of imide groups is 1. The third-order valence-electron chi connectivity index (χ3n) is 7.20. The third-order valence-corrected chi connectivity index (χ3v) is 7.20. The van der Waals surface area contributed by atoms with E-state index in [0.29, 0.717) is 5.75 Å². The summed E-state index contributed by atoms with van der Waals surface area (Å²) in [4.78, 5) is 42.1. The van der Waals surface area contributed by atoms with Crippen molar-refractivity contribution in [3.8, 4) is 5.75 Å². The summed E-state index contributed by atoms with van der Waals surface area (Å²) in [5.74, 6) is -1.35. The van der Waals surface area contributed by atoms with Crippen molar-refractivity contribution in [3.05, 3.63) is 59.2 Å². The maximum absolute atomic E-state index is 13.8. The average Bonchev–Trinajstić information content (AvgIpc) is 3.36. The smallest absolute Gasteiger partial charge is 0.250 e. The molecule has 0 aromatic heterocycles. The monoisotopic (exact) mass is 433 g/mol. The quantitative estimate of drug-likeness (QED) is 0.724. The van der Waals surface area contributed by atoms with Gasteiger partial charge in [-0.15, -0.1) is 0 Å². The lowest BCUT2D eigenvalue weighted by Gasteiger charge is -2.30. The predicted molar refractivity (Wildman–Crippen MR) is 119 cm³/mol. The molecular weight excluding hydrogens is 406 g/mol. The first-order valence-corrected chi connectivity index (χ1v) is 11.0. The molecule has 5 rings (SSSR count). The number of nitrogens with zero attached hydrogens (tertiary/aromatic N) is 1. The molecule has 166 valence electrons. The molecular formula is C25H27N3O4. The molecule has 2 fully saturated rings. The summed E-state index contributed by atoms with van der Waals surface area (Å²) >= 11 is 0. The Morgan fingerprint density at radius 1 is 1.06 bits per heavy atom. The number of carbonyl (C=O) groups excluding carboxylic acids is 3. The van der Waals surface area contributed by atoms with Crippen LogP contribution in [0.5, 0.6) is 5.75 Å². The molecule has 1 spiro atoms. The second kappa shape index (κ2) is 7.17. The van der Waals surface area contributed by atoms with E-state index in [1.807, 2.05) is 63.2 Å². The molecule has 0 aliphatic carbocycles. The van der Waals surface area contributed by atoms with Crippen LogP contribution >= 0.6 is 0 Å². The van der Waals surface area contributed by atoms with Gasteiger partial charge in [0.25, 0.3) is 0 Å². The van der Waals surface area contributed by atoms with Crippen molar-refractivity contribution in [3.63, 3.8) is 0 Å². The van der Waals surface area contributed by atoms with Crippen LogP contribution in [0.1, 0.15) is 30.5 Å². The van der Waals surface area contributed by atoms with Crippen molar-refractivity contribution < 1.29 is 19.1 Å². The molecule has 7 heteroatoms. The van der Waals surface area contributed by atoms with Crippen LogP contribution in [0.3, 0.4) is 0 Å². The second-order valence-electron chi connectivity index (χ2n) is 9.29. The van der Waals surface area contributed by atoms with Gasteiger partial charge in [0.15, 0.2) is 0 Å². The Morgan fingerprint density at radius 2 is 1.78 bits per heavy atom. The lowest BCUT2D eigenvalue weighted by molar-refractivity contribution is -0.143. The van der Waals surface area contributed by atoms with Gasteiger partial charge in [-0.3, -0.25) is 24.6 Å². The largest absolute Gasteiger partial charge is 0.497 e. The molecule has 2 aromatic rings. The molecule has 0 bridgehead atoms. The zero-order chi connectivity index (χ0) is 22.8. The number of ether oxygens (including phenoxy) is 1. The number of amides is 3. The highest BCUT2D eigenvalue weighted by Gasteiger charge is 2.70. The SMILES string of the molecule is COc1ccc(CN2C(=O)C3C(C(C)C)NC4(C(=O)Nc5c(C)cccc54)C3C2=O)cc1. The number of hydrogen-bond donors (Lipinski definition) is 2. The number of rotatable bonds is 4. The minimum Gasteiger partial charge on any atom is -0.497 e. The summed E-state index contributed by atoms with van der Waals surface area (Å²) < 4.78 is 5.20. The Labute approximate surface area is 187 Å². The standard InChI is InChI=1S/C25H27N3O4/c1-13(2)20-18-19(25(27-20)17-7-5-6-14(3)21(17)26-24(25)31)23(30)28(22(18)29)12-15-8-10-16(32-4)11-9-15/h5-11,13,18-20,27H,12H2,1-4H3,(H,26,31). The van der Waals surface area contributed by atoms with Gasteiger partial charge in [0, 0.05) is 17.3 Å². The fraction of sp³-hybridized carbons (Fsp3) is 0.400. The van der Waals surface area contributed by atoms with Gasteiger partial charge in [-0.1, -0.05) is 44.2 Å².